The van der Waals surface area contributed by atoms with E-state index in [0.717, 1.165) is 26.9 Å². The molecule has 1 heterocycles. The SMILES string of the molecule is COc1ccc(-c2csc(SCC(=O)NCc3ccc(C(=O)O)cc3)n2)cc1. The first-order valence-electron chi connectivity index (χ1n) is 8.37. The first kappa shape index (κ1) is 19.9. The molecule has 6 nitrogen and oxygen atoms in total. The molecule has 3 aromatic rings. The lowest BCUT2D eigenvalue weighted by Gasteiger charge is -2.05. The summed E-state index contributed by atoms with van der Waals surface area (Å²) in [4.78, 5) is 27.4. The zero-order valence-electron chi connectivity index (χ0n) is 15.0. The third kappa shape index (κ3) is 5.34. The van der Waals surface area contributed by atoms with Crippen molar-refractivity contribution in [2.45, 2.75) is 10.9 Å². The minimum atomic E-state index is -0.968. The predicted octanol–water partition coefficient (Wildman–Crippen LogP) is 3.93. The number of ether oxygens (including phenoxy) is 1. The average Bonchev–Trinajstić information content (AvgIpc) is 3.20. The number of carbonyl (C=O) groups is 2. The van der Waals surface area contributed by atoms with E-state index in [1.54, 1.807) is 19.2 Å². The molecule has 8 heteroatoms. The van der Waals surface area contributed by atoms with E-state index < -0.39 is 5.97 Å². The number of methoxy groups -OCH3 is 1. The fourth-order valence-corrected chi connectivity index (χ4v) is 4.03. The van der Waals surface area contributed by atoms with Crippen molar-refractivity contribution in [3.63, 3.8) is 0 Å². The molecule has 1 aromatic heterocycles. The maximum Gasteiger partial charge on any atom is 0.335 e. The highest BCUT2D eigenvalue weighted by molar-refractivity contribution is 8.01. The van der Waals surface area contributed by atoms with Crippen LogP contribution in [0.15, 0.2) is 58.3 Å². The number of amides is 1. The fraction of sp³-hybridized carbons (Fsp3) is 0.150. The maximum atomic E-state index is 12.0. The van der Waals surface area contributed by atoms with Crippen molar-refractivity contribution in [3.05, 3.63) is 65.0 Å². The summed E-state index contributed by atoms with van der Waals surface area (Å²) < 4.78 is 5.98. The van der Waals surface area contributed by atoms with E-state index in [0.29, 0.717) is 6.54 Å². The minimum Gasteiger partial charge on any atom is -0.497 e. The van der Waals surface area contributed by atoms with Crippen LogP contribution >= 0.6 is 23.1 Å². The highest BCUT2D eigenvalue weighted by Gasteiger charge is 2.09. The minimum absolute atomic E-state index is 0.103. The first-order valence-corrected chi connectivity index (χ1v) is 10.2. The van der Waals surface area contributed by atoms with E-state index >= 15 is 0 Å². The largest absolute Gasteiger partial charge is 0.497 e. The molecule has 0 bridgehead atoms. The molecule has 144 valence electrons. The van der Waals surface area contributed by atoms with Crippen molar-refractivity contribution < 1.29 is 19.4 Å². The van der Waals surface area contributed by atoms with Crippen LogP contribution in [0, 0.1) is 0 Å². The topological polar surface area (TPSA) is 88.5 Å². The smallest absolute Gasteiger partial charge is 0.335 e. The zero-order valence-corrected chi connectivity index (χ0v) is 16.7. The molecular formula is C20H18N2O4S2. The van der Waals surface area contributed by atoms with Crippen LogP contribution in [-0.2, 0) is 11.3 Å². The van der Waals surface area contributed by atoms with E-state index in [1.807, 2.05) is 29.6 Å². The number of thiazole rings is 1. The molecule has 0 aliphatic rings. The molecule has 0 aliphatic carbocycles. The Balaban J connectivity index is 1.48. The van der Waals surface area contributed by atoms with Gasteiger partial charge in [0.1, 0.15) is 5.75 Å². The van der Waals surface area contributed by atoms with Crippen LogP contribution in [-0.4, -0.2) is 34.8 Å². The molecule has 0 fully saturated rings. The number of carboxylic acids is 1. The third-order valence-electron chi connectivity index (χ3n) is 3.89. The number of aromatic nitrogens is 1. The lowest BCUT2D eigenvalue weighted by Crippen LogP contribution is -2.24. The fourth-order valence-electron chi connectivity index (χ4n) is 2.36. The Morgan fingerprint density at radius 2 is 1.86 bits per heavy atom. The number of benzene rings is 2. The van der Waals surface area contributed by atoms with E-state index in [9.17, 15) is 9.59 Å². The summed E-state index contributed by atoms with van der Waals surface area (Å²) in [5, 5.41) is 13.7. The number of thioether (sulfide) groups is 1. The van der Waals surface area contributed by atoms with Gasteiger partial charge in [-0.05, 0) is 42.0 Å². The normalized spacial score (nSPS) is 10.5. The van der Waals surface area contributed by atoms with E-state index in [-0.39, 0.29) is 17.2 Å². The van der Waals surface area contributed by atoms with Crippen LogP contribution < -0.4 is 10.1 Å². The Morgan fingerprint density at radius 1 is 1.14 bits per heavy atom. The van der Waals surface area contributed by atoms with Crippen molar-refractivity contribution >= 4 is 35.0 Å². The number of hydrogen-bond donors (Lipinski definition) is 2. The van der Waals surface area contributed by atoms with Gasteiger partial charge in [-0.3, -0.25) is 4.79 Å². The van der Waals surface area contributed by atoms with Gasteiger partial charge in [0.15, 0.2) is 4.34 Å². The molecule has 1 amide bonds. The van der Waals surface area contributed by atoms with Gasteiger partial charge in [-0.2, -0.15) is 0 Å². The summed E-state index contributed by atoms with van der Waals surface area (Å²) >= 11 is 2.89. The molecular weight excluding hydrogens is 396 g/mol. The first-order chi connectivity index (χ1) is 13.5. The molecule has 0 saturated heterocycles. The van der Waals surface area contributed by atoms with Gasteiger partial charge >= 0.3 is 5.97 Å². The highest BCUT2D eigenvalue weighted by Crippen LogP contribution is 2.29. The molecule has 2 N–H and O–H groups in total. The van der Waals surface area contributed by atoms with E-state index in [4.69, 9.17) is 9.84 Å². The van der Waals surface area contributed by atoms with Crippen LogP contribution in [0.25, 0.3) is 11.3 Å². The summed E-state index contributed by atoms with van der Waals surface area (Å²) in [5.41, 5.74) is 2.94. The number of nitrogens with one attached hydrogen (secondary N) is 1. The quantitative estimate of drug-likeness (QED) is 0.543. The standard InChI is InChI=1S/C20H18N2O4S2/c1-26-16-8-6-14(7-9-16)17-11-27-20(22-17)28-12-18(23)21-10-13-2-4-15(5-3-13)19(24)25/h2-9,11H,10,12H2,1H3,(H,21,23)(H,24,25). The van der Waals surface area contributed by atoms with Crippen molar-refractivity contribution in [2.75, 3.05) is 12.9 Å². The molecule has 0 radical (unpaired) electrons. The van der Waals surface area contributed by atoms with Crippen molar-refractivity contribution in [1.29, 1.82) is 0 Å². The number of rotatable bonds is 8. The number of nitrogens with zero attached hydrogens (tertiary/aromatic N) is 1. The summed E-state index contributed by atoms with van der Waals surface area (Å²) in [6.07, 6.45) is 0. The van der Waals surface area contributed by atoms with Gasteiger partial charge in [0, 0.05) is 17.5 Å². The Kier molecular flexibility index (Phi) is 6.67. The molecule has 0 aliphatic heterocycles. The Morgan fingerprint density at radius 3 is 2.50 bits per heavy atom. The molecule has 28 heavy (non-hydrogen) atoms. The van der Waals surface area contributed by atoms with Gasteiger partial charge < -0.3 is 15.2 Å². The molecule has 0 spiro atoms. The molecule has 2 aromatic carbocycles. The number of carboxylic acid groups (broad SMARTS) is 1. The Hall–Kier alpha value is -2.84. The summed E-state index contributed by atoms with van der Waals surface area (Å²) in [6.45, 7) is 0.355. The molecule has 0 atom stereocenters. The number of hydrogen-bond acceptors (Lipinski definition) is 6. The van der Waals surface area contributed by atoms with Crippen LogP contribution in [0.1, 0.15) is 15.9 Å². The van der Waals surface area contributed by atoms with E-state index in [1.165, 1.54) is 35.2 Å². The second-order valence-corrected chi connectivity index (χ2v) is 7.88. The van der Waals surface area contributed by atoms with Gasteiger partial charge in [-0.15, -0.1) is 11.3 Å². The van der Waals surface area contributed by atoms with Crippen LogP contribution in [0.5, 0.6) is 5.75 Å². The maximum absolute atomic E-state index is 12.0. The van der Waals surface area contributed by atoms with Gasteiger partial charge in [-0.25, -0.2) is 9.78 Å². The monoisotopic (exact) mass is 414 g/mol. The van der Waals surface area contributed by atoms with Crippen molar-refractivity contribution in [3.8, 4) is 17.0 Å². The third-order valence-corrected chi connectivity index (χ3v) is 5.91. The van der Waals surface area contributed by atoms with E-state index in [2.05, 4.69) is 10.3 Å². The van der Waals surface area contributed by atoms with Crippen molar-refractivity contribution in [1.82, 2.24) is 10.3 Å². The summed E-state index contributed by atoms with van der Waals surface area (Å²) in [5.74, 6) is -0.0104. The molecule has 0 unspecified atom stereocenters. The van der Waals surface area contributed by atoms with Crippen LogP contribution in [0.3, 0.4) is 0 Å². The predicted molar refractivity (Wildman–Crippen MR) is 110 cm³/mol. The highest BCUT2D eigenvalue weighted by atomic mass is 32.2. The zero-order chi connectivity index (χ0) is 19.9. The number of carbonyl (C=O) groups excluding carboxylic acids is 1. The lowest BCUT2D eigenvalue weighted by molar-refractivity contribution is -0.118. The van der Waals surface area contributed by atoms with Crippen LogP contribution in [0.4, 0.5) is 0 Å². The average molecular weight is 415 g/mol. The van der Waals surface area contributed by atoms with Gasteiger partial charge in [0.25, 0.3) is 0 Å². The lowest BCUT2D eigenvalue weighted by atomic mass is 10.1. The molecule has 3 rings (SSSR count). The van der Waals surface area contributed by atoms with Gasteiger partial charge in [0.05, 0.1) is 24.1 Å². The van der Waals surface area contributed by atoms with Crippen molar-refractivity contribution in [2.24, 2.45) is 0 Å². The van der Waals surface area contributed by atoms with Crippen LogP contribution in [0.2, 0.25) is 0 Å². The Labute approximate surface area is 170 Å². The second-order valence-electron chi connectivity index (χ2n) is 5.79. The summed E-state index contributed by atoms with van der Waals surface area (Å²) in [7, 11) is 1.63. The number of aromatic carboxylic acids is 1. The van der Waals surface area contributed by atoms with Gasteiger partial charge in [0.2, 0.25) is 5.91 Å². The Bertz CT molecular complexity index is 953. The van der Waals surface area contributed by atoms with Gasteiger partial charge in [-0.1, -0.05) is 23.9 Å². The summed E-state index contributed by atoms with van der Waals surface area (Å²) in [6, 6.07) is 14.1. The second kappa shape index (κ2) is 9.38. The molecule has 0 saturated carbocycles.